The van der Waals surface area contributed by atoms with Crippen LogP contribution in [0.5, 0.6) is 11.5 Å². The number of aryl methyl sites for hydroxylation is 1. The van der Waals surface area contributed by atoms with E-state index in [0.717, 1.165) is 68.9 Å². The Labute approximate surface area is 161 Å². The highest BCUT2D eigenvalue weighted by atomic mass is 32.1. The Morgan fingerprint density at radius 1 is 1.35 bits per heavy atom. The lowest BCUT2D eigenvalue weighted by molar-refractivity contribution is -0.109. The number of aldehydes is 1. The molecule has 2 heterocycles. The predicted octanol–water partition coefficient (Wildman–Crippen LogP) is 2.63. The van der Waals surface area contributed by atoms with Crippen molar-refractivity contribution in [3.8, 4) is 11.5 Å². The molecule has 26 heavy (non-hydrogen) atoms. The maximum atomic E-state index is 11.1. The van der Waals surface area contributed by atoms with Crippen molar-refractivity contribution in [2.75, 3.05) is 38.7 Å². The van der Waals surface area contributed by atoms with Crippen LogP contribution in [0.25, 0.3) is 0 Å². The first-order valence-corrected chi connectivity index (χ1v) is 10.3. The number of nitrogens with zero attached hydrogens (tertiary/aromatic N) is 1. The molecule has 0 aromatic heterocycles. The van der Waals surface area contributed by atoms with Crippen molar-refractivity contribution in [3.63, 3.8) is 0 Å². The van der Waals surface area contributed by atoms with Crippen molar-refractivity contribution >= 4 is 18.9 Å². The Kier molecular flexibility index (Phi) is 7.23. The minimum absolute atomic E-state index is 0.316. The van der Waals surface area contributed by atoms with E-state index in [1.807, 2.05) is 0 Å². The van der Waals surface area contributed by atoms with Gasteiger partial charge in [0.1, 0.15) is 6.29 Å². The van der Waals surface area contributed by atoms with Gasteiger partial charge in [-0.1, -0.05) is 19.4 Å². The Balaban J connectivity index is 1.72. The topological polar surface area (TPSA) is 50.8 Å². The number of carbonyl (C=O) groups excluding carboxylic acids is 1. The molecule has 0 radical (unpaired) electrons. The second-order valence-corrected chi connectivity index (χ2v) is 7.58. The summed E-state index contributed by atoms with van der Waals surface area (Å²) < 4.78 is 11.3. The van der Waals surface area contributed by atoms with Gasteiger partial charge in [-0.05, 0) is 48.9 Å². The minimum Gasteiger partial charge on any atom is -0.454 e. The van der Waals surface area contributed by atoms with E-state index in [9.17, 15) is 4.79 Å². The van der Waals surface area contributed by atoms with Gasteiger partial charge in [-0.2, -0.15) is 12.6 Å². The molecule has 1 N–H and O–H groups in total. The molecule has 2 aliphatic rings. The van der Waals surface area contributed by atoms with Crippen molar-refractivity contribution in [2.45, 2.75) is 44.6 Å². The molecular weight excluding hydrogens is 348 g/mol. The molecule has 1 saturated heterocycles. The summed E-state index contributed by atoms with van der Waals surface area (Å²) in [6.07, 6.45) is 5.26. The summed E-state index contributed by atoms with van der Waals surface area (Å²) in [6.45, 7) is 5.84. The number of likely N-dealkylation sites (tertiary alicyclic amines) is 1. The maximum Gasteiger partial charge on any atom is 0.231 e. The van der Waals surface area contributed by atoms with Gasteiger partial charge in [0.25, 0.3) is 0 Å². The Morgan fingerprint density at radius 2 is 2.23 bits per heavy atom. The fourth-order valence-electron chi connectivity index (χ4n) is 4.12. The summed E-state index contributed by atoms with van der Waals surface area (Å²) in [5.74, 6) is 3.09. The number of hydrogen-bond donors (Lipinski definition) is 2. The molecule has 0 spiro atoms. The van der Waals surface area contributed by atoms with Crippen molar-refractivity contribution in [1.29, 1.82) is 0 Å². The maximum absolute atomic E-state index is 11.1. The summed E-state index contributed by atoms with van der Waals surface area (Å²) >= 11 is 4.23. The van der Waals surface area contributed by atoms with E-state index in [1.54, 1.807) is 0 Å². The molecule has 1 aromatic carbocycles. The van der Waals surface area contributed by atoms with Crippen LogP contribution in [0.2, 0.25) is 0 Å². The number of carbonyl (C=O) groups is 1. The number of thiol groups is 1. The molecule has 2 atom stereocenters. The van der Waals surface area contributed by atoms with Gasteiger partial charge < -0.3 is 19.6 Å². The van der Waals surface area contributed by atoms with E-state index in [4.69, 9.17) is 9.47 Å². The SMILES string of the molecule is CCCc1cc(C2CC(CCNCCS)N(CC=O)C2)cc2c1OCO2. The van der Waals surface area contributed by atoms with Crippen LogP contribution in [0.3, 0.4) is 0 Å². The summed E-state index contributed by atoms with van der Waals surface area (Å²) in [5.41, 5.74) is 2.57. The van der Waals surface area contributed by atoms with Crippen LogP contribution in [-0.4, -0.2) is 56.0 Å². The highest BCUT2D eigenvalue weighted by Gasteiger charge is 2.33. The fraction of sp³-hybridized carbons (Fsp3) is 0.650. The zero-order valence-corrected chi connectivity index (χ0v) is 16.5. The van der Waals surface area contributed by atoms with Gasteiger partial charge in [0, 0.05) is 24.9 Å². The van der Waals surface area contributed by atoms with Gasteiger partial charge in [0.05, 0.1) is 6.54 Å². The van der Waals surface area contributed by atoms with E-state index in [-0.39, 0.29) is 0 Å². The molecular formula is C20H30N2O3S. The first kappa shape index (κ1) is 19.5. The number of fused-ring (bicyclic) bond motifs is 1. The van der Waals surface area contributed by atoms with Crippen LogP contribution in [-0.2, 0) is 11.2 Å². The smallest absolute Gasteiger partial charge is 0.231 e. The summed E-state index contributed by atoms with van der Waals surface area (Å²) in [4.78, 5) is 13.4. The lowest BCUT2D eigenvalue weighted by Gasteiger charge is -2.21. The Morgan fingerprint density at radius 3 is 3.00 bits per heavy atom. The first-order valence-electron chi connectivity index (χ1n) is 9.68. The number of ether oxygens (including phenoxy) is 2. The van der Waals surface area contributed by atoms with Crippen LogP contribution in [0.4, 0.5) is 0 Å². The second-order valence-electron chi connectivity index (χ2n) is 7.13. The summed E-state index contributed by atoms with van der Waals surface area (Å²) in [6, 6.07) is 4.88. The predicted molar refractivity (Wildman–Crippen MR) is 107 cm³/mol. The molecule has 6 heteroatoms. The van der Waals surface area contributed by atoms with Crippen molar-refractivity contribution < 1.29 is 14.3 Å². The number of benzene rings is 1. The van der Waals surface area contributed by atoms with Crippen LogP contribution in [0.15, 0.2) is 12.1 Å². The van der Waals surface area contributed by atoms with Gasteiger partial charge in [-0.15, -0.1) is 0 Å². The quantitative estimate of drug-likeness (QED) is 0.372. The van der Waals surface area contributed by atoms with E-state index in [2.05, 4.69) is 41.9 Å². The second kappa shape index (κ2) is 9.62. The van der Waals surface area contributed by atoms with Crippen LogP contribution < -0.4 is 14.8 Å². The molecule has 0 aliphatic carbocycles. The molecule has 2 aliphatic heterocycles. The van der Waals surface area contributed by atoms with Gasteiger partial charge in [-0.25, -0.2) is 0 Å². The summed E-state index contributed by atoms with van der Waals surface area (Å²) in [7, 11) is 0. The Bertz CT molecular complexity index is 611. The van der Waals surface area contributed by atoms with Crippen LogP contribution >= 0.6 is 12.6 Å². The monoisotopic (exact) mass is 378 g/mol. The lowest BCUT2D eigenvalue weighted by Crippen LogP contribution is -2.34. The van der Waals surface area contributed by atoms with Crippen molar-refractivity contribution in [1.82, 2.24) is 10.2 Å². The number of hydrogen-bond acceptors (Lipinski definition) is 6. The molecule has 0 saturated carbocycles. The van der Waals surface area contributed by atoms with E-state index >= 15 is 0 Å². The van der Waals surface area contributed by atoms with Crippen LogP contribution in [0.1, 0.15) is 43.2 Å². The third kappa shape index (κ3) is 4.53. The largest absolute Gasteiger partial charge is 0.454 e. The molecule has 0 amide bonds. The Hall–Kier alpha value is -1.24. The van der Waals surface area contributed by atoms with Crippen molar-refractivity contribution in [2.24, 2.45) is 0 Å². The molecule has 144 valence electrons. The van der Waals surface area contributed by atoms with Gasteiger partial charge in [0.15, 0.2) is 11.5 Å². The summed E-state index contributed by atoms with van der Waals surface area (Å²) in [5, 5.41) is 3.41. The third-order valence-electron chi connectivity index (χ3n) is 5.34. The normalized spacial score (nSPS) is 22.1. The van der Waals surface area contributed by atoms with Gasteiger partial charge in [0.2, 0.25) is 6.79 Å². The molecule has 1 aromatic rings. The number of rotatable bonds is 10. The molecule has 2 unspecified atom stereocenters. The number of nitrogens with one attached hydrogen (secondary N) is 1. The molecule has 1 fully saturated rings. The molecule has 5 nitrogen and oxygen atoms in total. The molecule has 3 rings (SSSR count). The van der Waals surface area contributed by atoms with Crippen LogP contribution in [0, 0.1) is 0 Å². The van der Waals surface area contributed by atoms with E-state index in [1.165, 1.54) is 11.1 Å². The third-order valence-corrected chi connectivity index (χ3v) is 5.57. The lowest BCUT2D eigenvalue weighted by atomic mass is 9.92. The van der Waals surface area contributed by atoms with E-state index in [0.29, 0.717) is 25.3 Å². The van der Waals surface area contributed by atoms with Crippen molar-refractivity contribution in [3.05, 3.63) is 23.3 Å². The highest BCUT2D eigenvalue weighted by molar-refractivity contribution is 7.80. The molecule has 0 bridgehead atoms. The van der Waals surface area contributed by atoms with Gasteiger partial charge in [-0.3, -0.25) is 4.90 Å². The minimum atomic E-state index is 0.316. The highest BCUT2D eigenvalue weighted by Crippen LogP contribution is 2.42. The first-order chi connectivity index (χ1) is 12.8. The van der Waals surface area contributed by atoms with E-state index < -0.39 is 0 Å². The average Bonchev–Trinajstić information content (AvgIpc) is 3.26. The average molecular weight is 379 g/mol. The fourth-order valence-corrected chi connectivity index (χ4v) is 4.27. The zero-order valence-electron chi connectivity index (χ0n) is 15.6. The standard InChI is InChI=1S/C20H30N2O3S/c1-2-3-15-10-16(12-19-20(15)25-14-24-19)17-11-18(4-5-21-6-9-26)22(13-17)7-8-23/h8,10,12,17-18,21,26H,2-7,9,11,13-14H2,1H3. The zero-order chi connectivity index (χ0) is 18.4. The van der Waals surface area contributed by atoms with Gasteiger partial charge >= 0.3 is 0 Å².